The number of ether oxygens (including phenoxy) is 1. The summed E-state index contributed by atoms with van der Waals surface area (Å²) in [5, 5.41) is 2.36. The summed E-state index contributed by atoms with van der Waals surface area (Å²) in [6.45, 7) is 0.730. The van der Waals surface area contributed by atoms with Crippen molar-refractivity contribution in [3.8, 4) is 5.75 Å². The summed E-state index contributed by atoms with van der Waals surface area (Å²) in [5.74, 6) is 1.41. The van der Waals surface area contributed by atoms with E-state index in [9.17, 15) is 0 Å². The summed E-state index contributed by atoms with van der Waals surface area (Å²) in [4.78, 5) is 4.02. The van der Waals surface area contributed by atoms with E-state index in [1.807, 2.05) is 22.9 Å². The van der Waals surface area contributed by atoms with Crippen molar-refractivity contribution in [2.45, 2.75) is 6.54 Å². The molecule has 0 saturated heterocycles. The second-order valence-electron chi connectivity index (χ2n) is 4.46. The standard InChI is InChI=1S/C15H15N3O/c1-19-14-5-4-12-8-11(2-3-13(12)9-14)10-18-7-6-17-15(18)16/h2-9H,10H2,1H3,(H2,16,17). The summed E-state index contributed by atoms with van der Waals surface area (Å²) in [6.07, 6.45) is 3.59. The summed E-state index contributed by atoms with van der Waals surface area (Å²) in [5.41, 5.74) is 6.97. The van der Waals surface area contributed by atoms with E-state index in [0.29, 0.717) is 5.95 Å². The fraction of sp³-hybridized carbons (Fsp3) is 0.133. The van der Waals surface area contributed by atoms with Crippen LogP contribution >= 0.6 is 0 Å². The van der Waals surface area contributed by atoms with Gasteiger partial charge in [-0.05, 0) is 34.5 Å². The van der Waals surface area contributed by atoms with E-state index in [1.165, 1.54) is 16.3 Å². The topological polar surface area (TPSA) is 53.1 Å². The lowest BCUT2D eigenvalue weighted by Crippen LogP contribution is -2.03. The van der Waals surface area contributed by atoms with Gasteiger partial charge in [-0.2, -0.15) is 0 Å². The average molecular weight is 253 g/mol. The third kappa shape index (κ3) is 2.25. The van der Waals surface area contributed by atoms with Gasteiger partial charge in [-0.1, -0.05) is 18.2 Å². The van der Waals surface area contributed by atoms with Gasteiger partial charge >= 0.3 is 0 Å². The van der Waals surface area contributed by atoms with E-state index in [4.69, 9.17) is 10.5 Å². The van der Waals surface area contributed by atoms with Crippen LogP contribution in [0.1, 0.15) is 5.56 Å². The Balaban J connectivity index is 1.96. The molecule has 3 rings (SSSR count). The normalized spacial score (nSPS) is 10.8. The highest BCUT2D eigenvalue weighted by molar-refractivity contribution is 5.84. The Morgan fingerprint density at radius 1 is 1.16 bits per heavy atom. The molecule has 0 unspecified atom stereocenters. The number of methoxy groups -OCH3 is 1. The lowest BCUT2D eigenvalue weighted by Gasteiger charge is -2.07. The number of benzene rings is 2. The molecule has 0 spiro atoms. The maximum atomic E-state index is 5.77. The molecule has 96 valence electrons. The van der Waals surface area contributed by atoms with Crippen molar-refractivity contribution >= 4 is 16.7 Å². The highest BCUT2D eigenvalue weighted by Gasteiger charge is 2.02. The van der Waals surface area contributed by atoms with Gasteiger partial charge in [0.15, 0.2) is 5.95 Å². The first-order valence-electron chi connectivity index (χ1n) is 6.09. The van der Waals surface area contributed by atoms with Crippen molar-refractivity contribution in [1.82, 2.24) is 9.55 Å². The van der Waals surface area contributed by atoms with E-state index in [0.717, 1.165) is 12.3 Å². The summed E-state index contributed by atoms with van der Waals surface area (Å²) < 4.78 is 7.15. The number of hydrogen-bond acceptors (Lipinski definition) is 3. The molecule has 0 saturated carbocycles. The molecule has 2 aromatic carbocycles. The Labute approximate surface area is 111 Å². The maximum absolute atomic E-state index is 5.77. The zero-order valence-corrected chi connectivity index (χ0v) is 10.7. The lowest BCUT2D eigenvalue weighted by atomic mass is 10.1. The van der Waals surface area contributed by atoms with Crippen LogP contribution in [0.2, 0.25) is 0 Å². The second-order valence-corrected chi connectivity index (χ2v) is 4.46. The minimum atomic E-state index is 0.537. The van der Waals surface area contributed by atoms with Gasteiger partial charge in [-0.15, -0.1) is 0 Å². The van der Waals surface area contributed by atoms with E-state index in [-0.39, 0.29) is 0 Å². The number of hydrogen-bond donors (Lipinski definition) is 1. The molecule has 3 aromatic rings. The molecule has 0 aliphatic carbocycles. The third-order valence-corrected chi connectivity index (χ3v) is 3.21. The molecule has 1 heterocycles. The van der Waals surface area contributed by atoms with Crippen molar-refractivity contribution < 1.29 is 4.74 Å². The van der Waals surface area contributed by atoms with Crippen LogP contribution in [0.25, 0.3) is 10.8 Å². The van der Waals surface area contributed by atoms with Gasteiger partial charge in [0, 0.05) is 12.4 Å². The predicted molar refractivity (Wildman–Crippen MR) is 76.2 cm³/mol. The molecular formula is C15H15N3O. The molecule has 2 N–H and O–H groups in total. The Morgan fingerprint density at radius 3 is 2.68 bits per heavy atom. The van der Waals surface area contributed by atoms with E-state index < -0.39 is 0 Å². The fourth-order valence-corrected chi connectivity index (χ4v) is 2.17. The van der Waals surface area contributed by atoms with Gasteiger partial charge in [-0.3, -0.25) is 0 Å². The zero-order valence-electron chi connectivity index (χ0n) is 10.7. The number of fused-ring (bicyclic) bond motifs is 1. The van der Waals surface area contributed by atoms with Crippen molar-refractivity contribution in [2.24, 2.45) is 0 Å². The second kappa shape index (κ2) is 4.65. The van der Waals surface area contributed by atoms with E-state index in [1.54, 1.807) is 13.3 Å². The SMILES string of the molecule is COc1ccc2cc(Cn3ccnc3N)ccc2c1. The number of nitrogen functional groups attached to an aromatic ring is 1. The quantitative estimate of drug-likeness (QED) is 0.780. The van der Waals surface area contributed by atoms with Crippen LogP contribution in [0.3, 0.4) is 0 Å². The highest BCUT2D eigenvalue weighted by Crippen LogP contribution is 2.22. The highest BCUT2D eigenvalue weighted by atomic mass is 16.5. The van der Waals surface area contributed by atoms with Crippen LogP contribution in [0, 0.1) is 0 Å². The number of anilines is 1. The Hall–Kier alpha value is -2.49. The maximum Gasteiger partial charge on any atom is 0.200 e. The first-order valence-corrected chi connectivity index (χ1v) is 6.09. The molecule has 0 amide bonds. The third-order valence-electron chi connectivity index (χ3n) is 3.21. The van der Waals surface area contributed by atoms with Gasteiger partial charge in [0.25, 0.3) is 0 Å². The van der Waals surface area contributed by atoms with Gasteiger partial charge in [0.2, 0.25) is 0 Å². The van der Waals surface area contributed by atoms with Crippen LogP contribution < -0.4 is 10.5 Å². The molecule has 1 aromatic heterocycles. The van der Waals surface area contributed by atoms with E-state index in [2.05, 4.69) is 29.2 Å². The number of nitrogens with zero attached hydrogens (tertiary/aromatic N) is 2. The average Bonchev–Trinajstić information content (AvgIpc) is 2.84. The smallest absolute Gasteiger partial charge is 0.200 e. The van der Waals surface area contributed by atoms with Crippen LogP contribution in [0.4, 0.5) is 5.95 Å². The molecule has 4 nitrogen and oxygen atoms in total. The summed E-state index contributed by atoms with van der Waals surface area (Å²) >= 11 is 0. The largest absolute Gasteiger partial charge is 0.497 e. The van der Waals surface area contributed by atoms with Crippen molar-refractivity contribution in [2.75, 3.05) is 12.8 Å². The molecule has 0 bridgehead atoms. The number of imidazole rings is 1. The summed E-state index contributed by atoms with van der Waals surface area (Å²) in [7, 11) is 1.68. The van der Waals surface area contributed by atoms with Crippen LogP contribution in [-0.4, -0.2) is 16.7 Å². The van der Waals surface area contributed by atoms with Crippen LogP contribution in [-0.2, 0) is 6.54 Å². The van der Waals surface area contributed by atoms with Crippen molar-refractivity contribution in [3.05, 3.63) is 54.4 Å². The Kier molecular flexibility index (Phi) is 2.83. The van der Waals surface area contributed by atoms with Gasteiger partial charge in [0.05, 0.1) is 13.7 Å². The first-order chi connectivity index (χ1) is 9.26. The number of rotatable bonds is 3. The summed E-state index contributed by atoms with van der Waals surface area (Å²) in [6, 6.07) is 12.4. The minimum absolute atomic E-state index is 0.537. The number of aromatic nitrogens is 2. The monoisotopic (exact) mass is 253 g/mol. The number of nitrogens with two attached hydrogens (primary N) is 1. The van der Waals surface area contributed by atoms with Gasteiger partial charge in [-0.25, -0.2) is 4.98 Å². The molecule has 0 aliphatic heterocycles. The van der Waals surface area contributed by atoms with Crippen LogP contribution in [0.15, 0.2) is 48.8 Å². The van der Waals surface area contributed by atoms with E-state index >= 15 is 0 Å². The molecular weight excluding hydrogens is 238 g/mol. The molecule has 0 aliphatic rings. The van der Waals surface area contributed by atoms with Crippen molar-refractivity contribution in [1.29, 1.82) is 0 Å². The predicted octanol–water partition coefficient (Wildman–Crippen LogP) is 2.68. The molecule has 0 atom stereocenters. The van der Waals surface area contributed by atoms with Crippen molar-refractivity contribution in [3.63, 3.8) is 0 Å². The first kappa shape index (κ1) is 11.6. The minimum Gasteiger partial charge on any atom is -0.497 e. The van der Waals surface area contributed by atoms with Crippen LogP contribution in [0.5, 0.6) is 5.75 Å². The molecule has 19 heavy (non-hydrogen) atoms. The Morgan fingerprint density at radius 2 is 1.95 bits per heavy atom. The molecule has 0 fully saturated rings. The van der Waals surface area contributed by atoms with Gasteiger partial charge < -0.3 is 15.0 Å². The molecule has 4 heteroatoms. The molecule has 0 radical (unpaired) electrons. The zero-order chi connectivity index (χ0) is 13.2. The van der Waals surface area contributed by atoms with Gasteiger partial charge in [0.1, 0.15) is 5.75 Å². The fourth-order valence-electron chi connectivity index (χ4n) is 2.17. The lowest BCUT2D eigenvalue weighted by molar-refractivity contribution is 0.415. The Bertz CT molecular complexity index is 718.